The largest absolute Gasteiger partial charge is 0.497 e. The van der Waals surface area contributed by atoms with Crippen LogP contribution in [0.4, 0.5) is 0 Å². The van der Waals surface area contributed by atoms with E-state index in [-0.39, 0.29) is 31.8 Å². The van der Waals surface area contributed by atoms with Gasteiger partial charge in [0.2, 0.25) is 5.91 Å². The summed E-state index contributed by atoms with van der Waals surface area (Å²) in [5.41, 5.74) is -0.710. The number of aliphatic hydroxyl groups excluding tert-OH is 1. The van der Waals surface area contributed by atoms with Gasteiger partial charge in [0.25, 0.3) is 0 Å². The summed E-state index contributed by atoms with van der Waals surface area (Å²) in [6.45, 7) is 1.60. The standard InChI is InChI=1S/C20H30N2O6/c1-21(9-10-27-2)13-18(24)22-8-7-17(23)20(14-22,19(25)26)12-15-5-4-6-16(11-15)28-3/h4-6,11,17,23H,7-10,12-14H2,1-3H3,(H,25,26)/t17-,20+/m0/s1. The molecule has 28 heavy (non-hydrogen) atoms. The Bertz CT molecular complexity index is 682. The highest BCUT2D eigenvalue weighted by atomic mass is 16.5. The van der Waals surface area contributed by atoms with Crippen molar-refractivity contribution in [1.29, 1.82) is 0 Å². The number of hydrogen-bond acceptors (Lipinski definition) is 6. The fourth-order valence-electron chi connectivity index (χ4n) is 3.56. The number of benzene rings is 1. The van der Waals surface area contributed by atoms with Gasteiger partial charge in [0.1, 0.15) is 11.2 Å². The second-order valence-electron chi connectivity index (χ2n) is 7.34. The summed E-state index contributed by atoms with van der Waals surface area (Å²) in [6.07, 6.45) is -0.695. The van der Waals surface area contributed by atoms with Gasteiger partial charge in [-0.05, 0) is 37.6 Å². The molecule has 8 heteroatoms. The van der Waals surface area contributed by atoms with E-state index in [4.69, 9.17) is 9.47 Å². The number of aliphatic hydroxyl groups is 1. The Morgan fingerprint density at radius 1 is 1.36 bits per heavy atom. The molecule has 2 N–H and O–H groups in total. The van der Waals surface area contributed by atoms with Crippen molar-refractivity contribution in [1.82, 2.24) is 9.80 Å². The third-order valence-electron chi connectivity index (χ3n) is 5.30. The lowest BCUT2D eigenvalue weighted by atomic mass is 9.72. The van der Waals surface area contributed by atoms with Crippen LogP contribution in [0.25, 0.3) is 0 Å². The summed E-state index contributed by atoms with van der Waals surface area (Å²) >= 11 is 0. The minimum Gasteiger partial charge on any atom is -0.497 e. The summed E-state index contributed by atoms with van der Waals surface area (Å²) in [5.74, 6) is -0.633. The summed E-state index contributed by atoms with van der Waals surface area (Å²) in [4.78, 5) is 28.3. The number of carbonyl (C=O) groups excluding carboxylic acids is 1. The minimum absolute atomic E-state index is 0.0301. The molecule has 1 aliphatic heterocycles. The van der Waals surface area contributed by atoms with Gasteiger partial charge in [-0.3, -0.25) is 14.5 Å². The summed E-state index contributed by atoms with van der Waals surface area (Å²) in [6, 6.07) is 7.13. The van der Waals surface area contributed by atoms with Gasteiger partial charge >= 0.3 is 5.97 Å². The van der Waals surface area contributed by atoms with Crippen molar-refractivity contribution in [3.8, 4) is 5.75 Å². The molecule has 156 valence electrons. The second-order valence-corrected chi connectivity index (χ2v) is 7.34. The number of likely N-dealkylation sites (N-methyl/N-ethyl adjacent to an activating group) is 1. The van der Waals surface area contributed by atoms with E-state index in [1.165, 1.54) is 0 Å². The van der Waals surface area contributed by atoms with E-state index in [1.807, 2.05) is 11.9 Å². The molecule has 1 aromatic carbocycles. The Morgan fingerprint density at radius 2 is 2.11 bits per heavy atom. The molecule has 2 rings (SSSR count). The van der Waals surface area contributed by atoms with Gasteiger partial charge in [-0.1, -0.05) is 12.1 Å². The lowest BCUT2D eigenvalue weighted by Gasteiger charge is -2.43. The Hall–Kier alpha value is -2.16. The number of amides is 1. The smallest absolute Gasteiger partial charge is 0.314 e. The number of carbonyl (C=O) groups is 2. The molecule has 0 unspecified atom stereocenters. The molecule has 1 heterocycles. The van der Waals surface area contributed by atoms with E-state index in [9.17, 15) is 19.8 Å². The van der Waals surface area contributed by atoms with E-state index < -0.39 is 17.5 Å². The SMILES string of the molecule is COCCN(C)CC(=O)N1CC[C@H](O)[C@](Cc2cccc(OC)c2)(C(=O)O)C1. The molecule has 1 aromatic rings. The third-order valence-corrected chi connectivity index (χ3v) is 5.30. The van der Waals surface area contributed by atoms with Crippen LogP contribution in [0, 0.1) is 5.41 Å². The quantitative estimate of drug-likeness (QED) is 0.628. The number of rotatable bonds is 9. The third kappa shape index (κ3) is 5.21. The van der Waals surface area contributed by atoms with E-state index >= 15 is 0 Å². The molecular weight excluding hydrogens is 364 g/mol. The molecule has 0 radical (unpaired) electrons. The van der Waals surface area contributed by atoms with Gasteiger partial charge in [0, 0.05) is 26.7 Å². The highest BCUT2D eigenvalue weighted by molar-refractivity contribution is 5.81. The average molecular weight is 394 g/mol. The van der Waals surface area contributed by atoms with Crippen molar-refractivity contribution >= 4 is 11.9 Å². The van der Waals surface area contributed by atoms with E-state index in [2.05, 4.69) is 0 Å². The summed E-state index contributed by atoms with van der Waals surface area (Å²) < 4.78 is 10.2. The van der Waals surface area contributed by atoms with Crippen molar-refractivity contribution in [2.45, 2.75) is 18.9 Å². The first-order valence-electron chi connectivity index (χ1n) is 9.32. The van der Waals surface area contributed by atoms with E-state index in [1.54, 1.807) is 43.4 Å². The molecular formula is C20H30N2O6. The molecule has 0 saturated carbocycles. The molecule has 0 aliphatic carbocycles. The zero-order valence-corrected chi connectivity index (χ0v) is 16.8. The lowest BCUT2D eigenvalue weighted by Crippen LogP contribution is -2.59. The van der Waals surface area contributed by atoms with Crippen LogP contribution in [0.2, 0.25) is 0 Å². The summed E-state index contributed by atoms with van der Waals surface area (Å²) in [7, 11) is 4.96. The van der Waals surface area contributed by atoms with Crippen LogP contribution in [-0.2, 0) is 20.7 Å². The van der Waals surface area contributed by atoms with Crippen molar-refractivity contribution in [2.24, 2.45) is 5.41 Å². The molecule has 1 fully saturated rings. The Morgan fingerprint density at radius 3 is 2.75 bits per heavy atom. The van der Waals surface area contributed by atoms with E-state index in [0.29, 0.717) is 25.4 Å². The van der Waals surface area contributed by atoms with Crippen LogP contribution in [0.1, 0.15) is 12.0 Å². The highest BCUT2D eigenvalue weighted by Crippen LogP contribution is 2.35. The van der Waals surface area contributed by atoms with Gasteiger partial charge in [0.05, 0.1) is 26.4 Å². The Kier molecular flexibility index (Phi) is 7.79. The number of methoxy groups -OCH3 is 2. The van der Waals surface area contributed by atoms with Gasteiger partial charge in [-0.25, -0.2) is 0 Å². The van der Waals surface area contributed by atoms with Crippen LogP contribution in [0.5, 0.6) is 5.75 Å². The number of likely N-dealkylation sites (tertiary alicyclic amines) is 1. The Balaban J connectivity index is 2.17. The van der Waals surface area contributed by atoms with Gasteiger partial charge in [-0.15, -0.1) is 0 Å². The fourth-order valence-corrected chi connectivity index (χ4v) is 3.56. The minimum atomic E-state index is -1.45. The predicted octanol–water partition coefficient (Wildman–Crippen LogP) is 0.480. The average Bonchev–Trinajstić information content (AvgIpc) is 2.67. The molecule has 0 aromatic heterocycles. The van der Waals surface area contributed by atoms with Crippen LogP contribution in [0.3, 0.4) is 0 Å². The number of carboxylic acid groups (broad SMARTS) is 1. The molecule has 0 bridgehead atoms. The molecule has 1 amide bonds. The van der Waals surface area contributed by atoms with Gasteiger partial charge in [-0.2, -0.15) is 0 Å². The normalized spacial score (nSPS) is 22.3. The number of hydrogen-bond donors (Lipinski definition) is 2. The number of piperidine rings is 1. The number of nitrogens with zero attached hydrogens (tertiary/aromatic N) is 2. The molecule has 1 saturated heterocycles. The topological polar surface area (TPSA) is 99.5 Å². The Labute approximate surface area is 165 Å². The number of ether oxygens (including phenoxy) is 2. The first-order valence-corrected chi connectivity index (χ1v) is 9.32. The summed E-state index contributed by atoms with van der Waals surface area (Å²) in [5, 5.41) is 20.6. The molecule has 8 nitrogen and oxygen atoms in total. The van der Waals surface area contributed by atoms with Crippen molar-refractivity contribution in [3.63, 3.8) is 0 Å². The second kappa shape index (κ2) is 9.86. The molecule has 2 atom stereocenters. The first kappa shape index (κ1) is 22.1. The molecule has 0 spiro atoms. The molecule has 1 aliphatic rings. The predicted molar refractivity (Wildman–Crippen MR) is 103 cm³/mol. The highest BCUT2D eigenvalue weighted by Gasteiger charge is 2.50. The number of carboxylic acids is 1. The maximum absolute atomic E-state index is 12.7. The van der Waals surface area contributed by atoms with Crippen LogP contribution >= 0.6 is 0 Å². The maximum atomic E-state index is 12.7. The van der Waals surface area contributed by atoms with Crippen molar-refractivity contribution in [2.75, 3.05) is 54.1 Å². The van der Waals surface area contributed by atoms with Crippen molar-refractivity contribution in [3.05, 3.63) is 29.8 Å². The van der Waals surface area contributed by atoms with E-state index in [0.717, 1.165) is 5.56 Å². The zero-order valence-electron chi connectivity index (χ0n) is 16.8. The van der Waals surface area contributed by atoms with Gasteiger partial charge in [0.15, 0.2) is 0 Å². The van der Waals surface area contributed by atoms with Crippen LogP contribution in [0.15, 0.2) is 24.3 Å². The zero-order chi connectivity index (χ0) is 20.7. The van der Waals surface area contributed by atoms with Crippen LogP contribution < -0.4 is 4.74 Å². The van der Waals surface area contributed by atoms with Crippen molar-refractivity contribution < 1.29 is 29.3 Å². The van der Waals surface area contributed by atoms with Crippen LogP contribution in [-0.4, -0.2) is 92.0 Å². The first-order chi connectivity index (χ1) is 13.3. The monoisotopic (exact) mass is 394 g/mol. The fraction of sp³-hybridized carbons (Fsp3) is 0.600. The number of aliphatic carboxylic acids is 1. The lowest BCUT2D eigenvalue weighted by molar-refractivity contribution is -0.166. The maximum Gasteiger partial charge on any atom is 0.314 e. The van der Waals surface area contributed by atoms with Gasteiger partial charge < -0.3 is 24.6 Å².